The Hall–Kier alpha value is -4.14. The van der Waals surface area contributed by atoms with Gasteiger partial charge in [0, 0.05) is 18.9 Å². The molecule has 9 nitrogen and oxygen atoms in total. The summed E-state index contributed by atoms with van der Waals surface area (Å²) in [6, 6.07) is 10.5. The van der Waals surface area contributed by atoms with Gasteiger partial charge >= 0.3 is 0 Å². The average molecular weight is 462 g/mol. The van der Waals surface area contributed by atoms with Crippen LogP contribution in [0, 0.1) is 5.92 Å². The van der Waals surface area contributed by atoms with Crippen molar-refractivity contribution in [3.63, 3.8) is 0 Å². The number of benzene rings is 1. The lowest BCUT2D eigenvalue weighted by molar-refractivity contribution is 0.0936. The number of carbonyl (C=O) groups is 2. The Balaban J connectivity index is 1.59. The molecule has 0 aliphatic heterocycles. The van der Waals surface area contributed by atoms with Gasteiger partial charge in [0.2, 0.25) is 5.43 Å². The summed E-state index contributed by atoms with van der Waals surface area (Å²) in [7, 11) is 0. The van der Waals surface area contributed by atoms with Gasteiger partial charge in [0.1, 0.15) is 22.7 Å². The van der Waals surface area contributed by atoms with Crippen molar-refractivity contribution in [2.45, 2.75) is 39.9 Å². The number of aromatic amines is 1. The highest BCUT2D eigenvalue weighted by atomic mass is 16.3. The molecule has 176 valence electrons. The van der Waals surface area contributed by atoms with Crippen molar-refractivity contribution in [1.29, 1.82) is 0 Å². The number of hydrogen-bond acceptors (Lipinski definition) is 5. The van der Waals surface area contributed by atoms with E-state index in [1.807, 2.05) is 38.1 Å². The third kappa shape index (κ3) is 5.09. The van der Waals surface area contributed by atoms with Crippen LogP contribution in [0.15, 0.2) is 64.3 Å². The van der Waals surface area contributed by atoms with Gasteiger partial charge in [-0.3, -0.25) is 14.4 Å². The van der Waals surface area contributed by atoms with Gasteiger partial charge in [-0.2, -0.15) is 0 Å². The van der Waals surface area contributed by atoms with Gasteiger partial charge in [-0.25, -0.2) is 4.98 Å². The standard InChI is InChI=1S/C25H27N5O4/c1-15(2)12-30-13-18(24(32)26-11-17-7-6-10-34-17)22(31)19(14-30)25(33)27-16(3)23-28-20-8-4-5-9-21(20)29-23/h4-10,13-16H,11-12H2,1-3H3,(H,26,32)(H,27,33)(H,28,29). The van der Waals surface area contributed by atoms with Gasteiger partial charge in [0.15, 0.2) is 0 Å². The van der Waals surface area contributed by atoms with E-state index in [2.05, 4.69) is 20.6 Å². The molecule has 0 saturated carbocycles. The minimum Gasteiger partial charge on any atom is -0.467 e. The van der Waals surface area contributed by atoms with Gasteiger partial charge < -0.3 is 24.6 Å². The molecule has 4 aromatic rings. The molecule has 0 spiro atoms. The van der Waals surface area contributed by atoms with Gasteiger partial charge in [-0.15, -0.1) is 0 Å². The smallest absolute Gasteiger partial charge is 0.257 e. The largest absolute Gasteiger partial charge is 0.467 e. The Bertz CT molecular complexity index is 1330. The molecule has 0 radical (unpaired) electrons. The van der Waals surface area contributed by atoms with Crippen molar-refractivity contribution in [1.82, 2.24) is 25.2 Å². The fourth-order valence-corrected chi connectivity index (χ4v) is 3.68. The molecule has 1 unspecified atom stereocenters. The predicted molar refractivity (Wildman–Crippen MR) is 127 cm³/mol. The normalized spacial score (nSPS) is 12.1. The zero-order valence-corrected chi connectivity index (χ0v) is 19.3. The monoisotopic (exact) mass is 461 g/mol. The maximum Gasteiger partial charge on any atom is 0.257 e. The van der Waals surface area contributed by atoms with E-state index in [-0.39, 0.29) is 23.6 Å². The summed E-state index contributed by atoms with van der Waals surface area (Å²) < 4.78 is 6.93. The summed E-state index contributed by atoms with van der Waals surface area (Å²) in [5, 5.41) is 5.50. The van der Waals surface area contributed by atoms with Crippen LogP contribution in [0.3, 0.4) is 0 Å². The maximum atomic E-state index is 13.1. The van der Waals surface area contributed by atoms with Gasteiger partial charge in [0.05, 0.1) is 29.9 Å². The van der Waals surface area contributed by atoms with Crippen LogP contribution in [0.25, 0.3) is 11.0 Å². The Morgan fingerprint density at radius 2 is 1.79 bits per heavy atom. The number of carbonyl (C=O) groups excluding carboxylic acids is 2. The molecule has 0 saturated heterocycles. The molecular weight excluding hydrogens is 434 g/mol. The SMILES string of the molecule is CC(C)Cn1cc(C(=O)NCc2ccco2)c(=O)c(C(=O)NC(C)c2nc3ccccc3[nH]2)c1. The molecule has 1 aromatic carbocycles. The van der Waals surface area contributed by atoms with Crippen LogP contribution >= 0.6 is 0 Å². The highest BCUT2D eigenvalue weighted by Crippen LogP contribution is 2.16. The van der Waals surface area contributed by atoms with Crippen molar-refractivity contribution in [3.05, 3.63) is 88.0 Å². The molecule has 3 N–H and O–H groups in total. The molecule has 34 heavy (non-hydrogen) atoms. The molecule has 0 aliphatic rings. The van der Waals surface area contributed by atoms with E-state index < -0.39 is 23.3 Å². The Morgan fingerprint density at radius 3 is 2.47 bits per heavy atom. The summed E-state index contributed by atoms with van der Waals surface area (Å²) in [6.07, 6.45) is 4.48. The number of hydrogen-bond donors (Lipinski definition) is 3. The fraction of sp³-hybridized carbons (Fsp3) is 0.280. The zero-order chi connectivity index (χ0) is 24.2. The lowest BCUT2D eigenvalue weighted by Crippen LogP contribution is -2.36. The molecule has 2 amide bonds. The molecule has 0 bridgehead atoms. The lowest BCUT2D eigenvalue weighted by Gasteiger charge is -2.15. The van der Waals surface area contributed by atoms with E-state index in [1.54, 1.807) is 23.6 Å². The molecule has 1 atom stereocenters. The molecule has 3 heterocycles. The van der Waals surface area contributed by atoms with Crippen LogP contribution < -0.4 is 16.1 Å². The van der Waals surface area contributed by atoms with E-state index >= 15 is 0 Å². The molecule has 3 aromatic heterocycles. The second kappa shape index (κ2) is 9.78. The van der Waals surface area contributed by atoms with E-state index in [4.69, 9.17) is 4.42 Å². The fourth-order valence-electron chi connectivity index (χ4n) is 3.68. The van der Waals surface area contributed by atoms with E-state index in [0.29, 0.717) is 18.1 Å². The first kappa shape index (κ1) is 23.0. The summed E-state index contributed by atoms with van der Waals surface area (Å²) in [5.41, 5.74) is 0.804. The third-order valence-corrected chi connectivity index (χ3v) is 5.31. The predicted octanol–water partition coefficient (Wildman–Crippen LogP) is 3.39. The van der Waals surface area contributed by atoms with Gasteiger partial charge in [-0.05, 0) is 37.1 Å². The van der Waals surface area contributed by atoms with Crippen LogP contribution in [-0.4, -0.2) is 26.3 Å². The number of para-hydroxylation sites is 2. The molecule has 9 heteroatoms. The van der Waals surface area contributed by atoms with Crippen molar-refractivity contribution in [2.24, 2.45) is 5.92 Å². The van der Waals surface area contributed by atoms with Gasteiger partial charge in [0.25, 0.3) is 11.8 Å². The first-order valence-corrected chi connectivity index (χ1v) is 11.1. The van der Waals surface area contributed by atoms with Crippen LogP contribution in [0.1, 0.15) is 59.1 Å². The Morgan fingerprint density at radius 1 is 1.06 bits per heavy atom. The van der Waals surface area contributed by atoms with Crippen molar-refractivity contribution >= 4 is 22.8 Å². The number of furan rings is 1. The highest BCUT2D eigenvalue weighted by Gasteiger charge is 2.22. The summed E-state index contributed by atoms with van der Waals surface area (Å²) in [4.78, 5) is 46.7. The quantitative estimate of drug-likeness (QED) is 0.371. The summed E-state index contributed by atoms with van der Waals surface area (Å²) >= 11 is 0. The second-order valence-corrected chi connectivity index (χ2v) is 8.60. The number of imidazole rings is 1. The Labute approximate surface area is 196 Å². The number of nitrogens with one attached hydrogen (secondary N) is 3. The van der Waals surface area contributed by atoms with E-state index in [9.17, 15) is 14.4 Å². The van der Waals surface area contributed by atoms with E-state index in [0.717, 1.165) is 11.0 Å². The molecular formula is C25H27N5O4. The molecule has 0 aliphatic carbocycles. The minimum atomic E-state index is -0.633. The zero-order valence-electron chi connectivity index (χ0n) is 19.3. The lowest BCUT2D eigenvalue weighted by atomic mass is 10.1. The molecule has 4 rings (SSSR count). The minimum absolute atomic E-state index is 0.101. The number of nitrogens with zero attached hydrogens (tertiary/aromatic N) is 2. The molecule has 0 fully saturated rings. The summed E-state index contributed by atoms with van der Waals surface area (Å²) in [5.74, 6) is 0.232. The second-order valence-electron chi connectivity index (χ2n) is 8.60. The number of H-pyrrole nitrogens is 1. The highest BCUT2D eigenvalue weighted by molar-refractivity contribution is 5.99. The average Bonchev–Trinajstić information content (AvgIpc) is 3.47. The van der Waals surface area contributed by atoms with Crippen LogP contribution in [-0.2, 0) is 13.1 Å². The first-order valence-electron chi connectivity index (χ1n) is 11.1. The Kier molecular flexibility index (Phi) is 6.62. The number of aromatic nitrogens is 3. The van der Waals surface area contributed by atoms with Crippen LogP contribution in [0.4, 0.5) is 0 Å². The van der Waals surface area contributed by atoms with E-state index in [1.165, 1.54) is 18.7 Å². The number of rotatable bonds is 8. The summed E-state index contributed by atoms with van der Waals surface area (Å²) in [6.45, 7) is 6.48. The number of pyridine rings is 1. The number of fused-ring (bicyclic) bond motifs is 1. The van der Waals surface area contributed by atoms with Gasteiger partial charge in [-0.1, -0.05) is 26.0 Å². The first-order chi connectivity index (χ1) is 16.3. The van der Waals surface area contributed by atoms with Crippen LogP contribution in [0.2, 0.25) is 0 Å². The number of amides is 2. The van der Waals surface area contributed by atoms with Crippen LogP contribution in [0.5, 0.6) is 0 Å². The maximum absolute atomic E-state index is 13.1. The topological polar surface area (TPSA) is 122 Å². The third-order valence-electron chi connectivity index (χ3n) is 5.31. The van der Waals surface area contributed by atoms with Crippen molar-refractivity contribution < 1.29 is 14.0 Å². The van der Waals surface area contributed by atoms with Crippen molar-refractivity contribution in [2.75, 3.05) is 0 Å². The van der Waals surface area contributed by atoms with Crippen molar-refractivity contribution in [3.8, 4) is 0 Å².